The molecule has 37 heavy (non-hydrogen) atoms. The van der Waals surface area contributed by atoms with E-state index in [1.807, 2.05) is 27.7 Å². The minimum absolute atomic E-state index is 0.0861. The lowest BCUT2D eigenvalue weighted by molar-refractivity contribution is -0.145. The Hall–Kier alpha value is -2.39. The maximum Gasteiger partial charge on any atom is 0.270 e. The maximum atomic E-state index is 14.6. The largest absolute Gasteiger partial charge is 0.391 e. The first-order chi connectivity index (χ1) is 17.1. The number of rotatable bonds is 8. The van der Waals surface area contributed by atoms with Crippen LogP contribution >= 0.6 is 11.3 Å². The molecule has 0 spiro atoms. The SMILES string of the molecule is Cc1ncsc1-c1ccc(CNC(=O)[C@@H]2C[C@@H](O)CN2C(=O)[C@@H](CC(C)C)C(C)(C)C)c(C(C)(F)F)c1. The number of hydrogen-bond donors (Lipinski definition) is 2. The highest BCUT2D eigenvalue weighted by Crippen LogP contribution is 2.37. The van der Waals surface area contributed by atoms with Crippen LogP contribution in [-0.2, 0) is 22.1 Å². The average Bonchev–Trinajstić information content (AvgIpc) is 3.39. The predicted molar refractivity (Wildman–Crippen MR) is 142 cm³/mol. The van der Waals surface area contributed by atoms with E-state index >= 15 is 0 Å². The summed E-state index contributed by atoms with van der Waals surface area (Å²) in [5.74, 6) is -3.73. The number of hydrogen-bond acceptors (Lipinski definition) is 5. The van der Waals surface area contributed by atoms with Gasteiger partial charge in [-0.3, -0.25) is 9.59 Å². The minimum atomic E-state index is -3.11. The van der Waals surface area contributed by atoms with Crippen molar-refractivity contribution in [2.24, 2.45) is 17.3 Å². The van der Waals surface area contributed by atoms with E-state index in [0.717, 1.165) is 17.5 Å². The third kappa shape index (κ3) is 6.93. The molecule has 0 aliphatic carbocycles. The van der Waals surface area contributed by atoms with Crippen LogP contribution in [0.1, 0.15) is 71.2 Å². The first-order valence-corrected chi connectivity index (χ1v) is 13.7. The Labute approximate surface area is 222 Å². The number of aromatic nitrogens is 1. The van der Waals surface area contributed by atoms with Crippen molar-refractivity contribution in [3.05, 3.63) is 40.5 Å². The molecule has 0 saturated carbocycles. The predicted octanol–water partition coefficient (Wildman–Crippen LogP) is 5.52. The lowest BCUT2D eigenvalue weighted by atomic mass is 9.75. The summed E-state index contributed by atoms with van der Waals surface area (Å²) in [5.41, 5.74) is 2.93. The van der Waals surface area contributed by atoms with Crippen molar-refractivity contribution in [1.29, 1.82) is 0 Å². The lowest BCUT2D eigenvalue weighted by Gasteiger charge is -2.36. The molecule has 1 fully saturated rings. The summed E-state index contributed by atoms with van der Waals surface area (Å²) in [5, 5.41) is 13.1. The van der Waals surface area contributed by atoms with Gasteiger partial charge in [0.25, 0.3) is 5.92 Å². The molecule has 204 valence electrons. The molecule has 0 radical (unpaired) electrons. The first-order valence-electron chi connectivity index (χ1n) is 12.8. The molecule has 0 bridgehead atoms. The second kappa shape index (κ2) is 11.2. The van der Waals surface area contributed by atoms with Crippen LogP contribution in [0.5, 0.6) is 0 Å². The van der Waals surface area contributed by atoms with Crippen molar-refractivity contribution < 1.29 is 23.5 Å². The Kier molecular flexibility index (Phi) is 8.79. The van der Waals surface area contributed by atoms with Gasteiger partial charge in [-0.2, -0.15) is 0 Å². The van der Waals surface area contributed by atoms with E-state index in [9.17, 15) is 23.5 Å². The molecule has 1 aliphatic heterocycles. The molecule has 6 nitrogen and oxygen atoms in total. The van der Waals surface area contributed by atoms with Crippen LogP contribution in [0.2, 0.25) is 0 Å². The van der Waals surface area contributed by atoms with Gasteiger partial charge in [0.05, 0.1) is 22.2 Å². The zero-order valence-electron chi connectivity index (χ0n) is 22.8. The highest BCUT2D eigenvalue weighted by Gasteiger charge is 2.44. The summed E-state index contributed by atoms with van der Waals surface area (Å²) < 4.78 is 29.2. The Morgan fingerprint density at radius 3 is 2.46 bits per heavy atom. The smallest absolute Gasteiger partial charge is 0.270 e. The quantitative estimate of drug-likeness (QED) is 0.467. The number of aryl methyl sites for hydroxylation is 1. The second-order valence-corrected chi connectivity index (χ2v) is 12.5. The summed E-state index contributed by atoms with van der Waals surface area (Å²) in [6, 6.07) is 3.97. The topological polar surface area (TPSA) is 82.5 Å². The van der Waals surface area contributed by atoms with Gasteiger partial charge in [0.1, 0.15) is 6.04 Å². The van der Waals surface area contributed by atoms with Gasteiger partial charge in [-0.1, -0.05) is 46.8 Å². The van der Waals surface area contributed by atoms with E-state index in [1.165, 1.54) is 22.3 Å². The normalized spacial score (nSPS) is 19.4. The number of likely N-dealkylation sites (tertiary alicyclic amines) is 1. The number of nitrogens with zero attached hydrogens (tertiary/aromatic N) is 2. The zero-order valence-corrected chi connectivity index (χ0v) is 23.6. The highest BCUT2D eigenvalue weighted by atomic mass is 32.1. The van der Waals surface area contributed by atoms with Crippen molar-refractivity contribution in [3.63, 3.8) is 0 Å². The van der Waals surface area contributed by atoms with E-state index in [2.05, 4.69) is 24.1 Å². The van der Waals surface area contributed by atoms with Gasteiger partial charge in [-0.25, -0.2) is 13.8 Å². The van der Waals surface area contributed by atoms with Crippen LogP contribution in [0.3, 0.4) is 0 Å². The third-order valence-corrected chi connectivity index (χ3v) is 7.94. The first kappa shape index (κ1) is 29.2. The molecule has 1 aromatic heterocycles. The second-order valence-electron chi connectivity index (χ2n) is 11.7. The number of benzene rings is 1. The van der Waals surface area contributed by atoms with Crippen molar-refractivity contribution >= 4 is 23.2 Å². The molecular weight excluding hydrogens is 496 g/mol. The van der Waals surface area contributed by atoms with Gasteiger partial charge in [0, 0.05) is 37.9 Å². The average molecular weight is 536 g/mol. The number of carbonyl (C=O) groups excluding carboxylic acids is 2. The van der Waals surface area contributed by atoms with Crippen LogP contribution in [0.15, 0.2) is 23.7 Å². The van der Waals surface area contributed by atoms with Crippen LogP contribution in [0, 0.1) is 24.2 Å². The van der Waals surface area contributed by atoms with Crippen LogP contribution in [0.25, 0.3) is 10.4 Å². The summed E-state index contributed by atoms with van der Waals surface area (Å²) in [4.78, 5) is 33.3. The summed E-state index contributed by atoms with van der Waals surface area (Å²) in [7, 11) is 0. The highest BCUT2D eigenvalue weighted by molar-refractivity contribution is 7.13. The summed E-state index contributed by atoms with van der Waals surface area (Å²) in [6.07, 6.45) is -0.0165. The molecule has 9 heteroatoms. The molecule has 2 heterocycles. The summed E-state index contributed by atoms with van der Waals surface area (Å²) in [6.45, 7) is 12.8. The molecule has 2 N–H and O–H groups in total. The number of aliphatic hydroxyl groups is 1. The van der Waals surface area contributed by atoms with Gasteiger partial charge in [0.15, 0.2) is 0 Å². The molecule has 0 unspecified atom stereocenters. The van der Waals surface area contributed by atoms with Gasteiger partial charge in [0.2, 0.25) is 11.8 Å². The number of thiazole rings is 1. The Morgan fingerprint density at radius 1 is 1.24 bits per heavy atom. The zero-order chi connectivity index (χ0) is 27.7. The molecule has 3 atom stereocenters. The van der Waals surface area contributed by atoms with E-state index in [4.69, 9.17) is 0 Å². The van der Waals surface area contributed by atoms with Gasteiger partial charge >= 0.3 is 0 Å². The van der Waals surface area contributed by atoms with E-state index in [0.29, 0.717) is 23.5 Å². The van der Waals surface area contributed by atoms with Crippen LogP contribution in [0.4, 0.5) is 8.78 Å². The number of alkyl halides is 2. The summed E-state index contributed by atoms with van der Waals surface area (Å²) >= 11 is 1.39. The van der Waals surface area contributed by atoms with Crippen molar-refractivity contribution in [2.45, 2.75) is 85.9 Å². The van der Waals surface area contributed by atoms with Gasteiger partial charge < -0.3 is 15.3 Å². The standard InChI is InChI=1S/C28H39F2N3O3S/c1-16(2)10-22(27(4,5)6)26(36)33-14-20(34)12-23(33)25(35)31-13-19-9-8-18(11-21(19)28(7,29)30)24-17(3)32-15-37-24/h8-9,11,15-16,20,22-23,34H,10,12-14H2,1-7H3,(H,31,35)/t20-,22-,23+/m1/s1. The molecule has 1 aliphatic rings. The molecule has 2 amide bonds. The molecular formula is C28H39F2N3O3S. The fourth-order valence-corrected chi connectivity index (χ4v) is 5.76. The fourth-order valence-electron chi connectivity index (χ4n) is 4.96. The van der Waals surface area contributed by atoms with Crippen LogP contribution in [-0.4, -0.2) is 45.5 Å². The van der Waals surface area contributed by atoms with Crippen molar-refractivity contribution in [2.75, 3.05) is 6.54 Å². The number of halogens is 2. The Bertz CT molecular complexity index is 1120. The number of aliphatic hydroxyl groups excluding tert-OH is 1. The Balaban J connectivity index is 1.81. The molecule has 3 rings (SSSR count). The fraction of sp³-hybridized carbons (Fsp3) is 0.607. The van der Waals surface area contributed by atoms with E-state index in [1.54, 1.807) is 17.6 Å². The van der Waals surface area contributed by atoms with Crippen molar-refractivity contribution in [3.8, 4) is 10.4 Å². The minimum Gasteiger partial charge on any atom is -0.391 e. The number of amides is 2. The number of carbonyl (C=O) groups is 2. The van der Waals surface area contributed by atoms with E-state index < -0.39 is 24.0 Å². The van der Waals surface area contributed by atoms with E-state index in [-0.39, 0.29) is 42.3 Å². The van der Waals surface area contributed by atoms with Gasteiger partial charge in [-0.15, -0.1) is 11.3 Å². The maximum absolute atomic E-state index is 14.6. The van der Waals surface area contributed by atoms with Crippen LogP contribution < -0.4 is 5.32 Å². The van der Waals surface area contributed by atoms with Crippen molar-refractivity contribution in [1.82, 2.24) is 15.2 Å². The van der Waals surface area contributed by atoms with Gasteiger partial charge in [-0.05, 0) is 41.9 Å². The molecule has 1 saturated heterocycles. The lowest BCUT2D eigenvalue weighted by Crippen LogP contribution is -2.50. The third-order valence-electron chi connectivity index (χ3n) is 6.96. The molecule has 1 aromatic carbocycles. The number of β-amino-alcohol motifs (C(OH)–C–C–N with tert-alkyl or cyclic N) is 1. The molecule has 2 aromatic rings. The number of nitrogens with one attached hydrogen (secondary N) is 1. The monoisotopic (exact) mass is 535 g/mol. The Morgan fingerprint density at radius 2 is 1.92 bits per heavy atom.